The molecule has 0 aliphatic carbocycles. The largest absolute Gasteiger partial charge is 0.432 e. The minimum Gasteiger partial charge on any atom is -0.429 e. The predicted molar refractivity (Wildman–Crippen MR) is 150 cm³/mol. The first-order valence-electron chi connectivity index (χ1n) is 14.3. The Morgan fingerprint density at radius 3 is 1.89 bits per heavy atom. The lowest BCUT2D eigenvalue weighted by Gasteiger charge is -2.30. The lowest BCUT2D eigenvalue weighted by molar-refractivity contribution is -0.206. The summed E-state index contributed by atoms with van der Waals surface area (Å²) < 4.78 is 133. The summed E-state index contributed by atoms with van der Waals surface area (Å²) >= 11 is 0. The highest BCUT2D eigenvalue weighted by Gasteiger charge is 2.42. The van der Waals surface area contributed by atoms with Crippen LogP contribution in [0.1, 0.15) is 50.0 Å². The molecule has 0 unspecified atom stereocenters. The Hall–Kier alpha value is -3.96. The van der Waals surface area contributed by atoms with Crippen LogP contribution >= 0.6 is 0 Å². The molecule has 238 valence electrons. The molecule has 11 heteroatoms. The number of hydrogen-bond donors (Lipinski definition) is 0. The Morgan fingerprint density at radius 1 is 0.711 bits per heavy atom. The summed E-state index contributed by atoms with van der Waals surface area (Å²) in [5, 5.41) is 0. The smallest absolute Gasteiger partial charge is 0.429 e. The van der Waals surface area contributed by atoms with Crippen molar-refractivity contribution in [3.8, 4) is 28.0 Å². The molecule has 1 aliphatic rings. The molecular formula is C34H28F8O3. The molecule has 0 N–H and O–H groups in total. The summed E-state index contributed by atoms with van der Waals surface area (Å²) in [6.45, 7) is 2.62. The van der Waals surface area contributed by atoms with E-state index >= 15 is 17.6 Å². The van der Waals surface area contributed by atoms with Crippen molar-refractivity contribution in [2.75, 3.05) is 13.2 Å². The van der Waals surface area contributed by atoms with Gasteiger partial charge in [0.1, 0.15) is 46.2 Å². The van der Waals surface area contributed by atoms with Crippen molar-refractivity contribution in [2.45, 2.75) is 45.0 Å². The van der Waals surface area contributed by atoms with Crippen LogP contribution in [0.5, 0.6) is 5.75 Å². The molecule has 0 aromatic heterocycles. The van der Waals surface area contributed by atoms with Gasteiger partial charge in [-0.15, -0.1) is 0 Å². The van der Waals surface area contributed by atoms with Gasteiger partial charge in [-0.05, 0) is 47.9 Å². The van der Waals surface area contributed by atoms with Crippen LogP contribution in [-0.4, -0.2) is 13.2 Å². The van der Waals surface area contributed by atoms with Crippen LogP contribution in [0, 0.1) is 40.8 Å². The minimum absolute atomic E-state index is 0.0300. The fourth-order valence-electron chi connectivity index (χ4n) is 5.21. The van der Waals surface area contributed by atoms with Crippen molar-refractivity contribution < 1.29 is 49.3 Å². The number of unbranched alkanes of at least 4 members (excludes halogenated alkanes) is 2. The topological polar surface area (TPSA) is 27.7 Å². The highest BCUT2D eigenvalue weighted by molar-refractivity contribution is 5.72. The Balaban J connectivity index is 1.32. The molecule has 4 aromatic carbocycles. The van der Waals surface area contributed by atoms with E-state index < -0.39 is 64.2 Å². The average Bonchev–Trinajstić information content (AvgIpc) is 2.97. The van der Waals surface area contributed by atoms with Crippen LogP contribution in [-0.2, 0) is 15.6 Å². The van der Waals surface area contributed by atoms with E-state index in [9.17, 15) is 17.6 Å². The van der Waals surface area contributed by atoms with E-state index in [4.69, 9.17) is 9.47 Å². The maximum absolute atomic E-state index is 15.0. The van der Waals surface area contributed by atoms with Crippen LogP contribution in [0.15, 0.2) is 66.7 Å². The molecule has 3 nitrogen and oxygen atoms in total. The summed E-state index contributed by atoms with van der Waals surface area (Å²) in [4.78, 5) is 0. The Kier molecular flexibility index (Phi) is 9.79. The zero-order chi connectivity index (χ0) is 32.3. The van der Waals surface area contributed by atoms with Crippen LogP contribution in [0.3, 0.4) is 0 Å². The third-order valence-corrected chi connectivity index (χ3v) is 7.48. The number of benzene rings is 4. The molecule has 4 aromatic rings. The standard InChI is InChI=1S/C34H28F8O3/c1-2-3-4-5-19-17-43-33(44-18-19)22-13-29(39)32(30(40)14-22)34(41,42)45-24-15-27(37)31(28(38)16-24)21-8-11-25(26(36)12-21)20-6-9-23(35)10-7-20/h6-16,19,33H,2-5,17-18H2,1H3. The Labute approximate surface area is 254 Å². The van der Waals surface area contributed by atoms with Gasteiger partial charge in [-0.3, -0.25) is 0 Å². The zero-order valence-electron chi connectivity index (χ0n) is 24.0. The third kappa shape index (κ3) is 7.31. The first-order chi connectivity index (χ1) is 21.5. The van der Waals surface area contributed by atoms with Crippen LogP contribution in [0.4, 0.5) is 35.1 Å². The van der Waals surface area contributed by atoms with Crippen LogP contribution in [0.25, 0.3) is 22.3 Å². The van der Waals surface area contributed by atoms with Crippen LogP contribution < -0.4 is 4.74 Å². The molecule has 0 radical (unpaired) electrons. The lowest BCUT2D eigenvalue weighted by atomic mass is 9.99. The highest BCUT2D eigenvalue weighted by Crippen LogP contribution is 2.39. The fourth-order valence-corrected chi connectivity index (χ4v) is 5.21. The van der Waals surface area contributed by atoms with Crippen molar-refractivity contribution in [2.24, 2.45) is 5.92 Å². The van der Waals surface area contributed by atoms with Crippen molar-refractivity contribution in [3.63, 3.8) is 0 Å². The molecule has 0 saturated carbocycles. The summed E-state index contributed by atoms with van der Waals surface area (Å²) in [6, 6.07) is 10.2. The minimum atomic E-state index is -4.69. The number of hydrogen-bond acceptors (Lipinski definition) is 3. The van der Waals surface area contributed by atoms with Gasteiger partial charge in [-0.1, -0.05) is 50.5 Å². The zero-order valence-corrected chi connectivity index (χ0v) is 24.0. The van der Waals surface area contributed by atoms with Crippen molar-refractivity contribution in [1.29, 1.82) is 0 Å². The molecule has 1 aliphatic heterocycles. The van der Waals surface area contributed by atoms with E-state index in [1.165, 1.54) is 24.3 Å². The van der Waals surface area contributed by atoms with Crippen molar-refractivity contribution in [1.82, 2.24) is 0 Å². The van der Waals surface area contributed by atoms with E-state index in [2.05, 4.69) is 11.7 Å². The van der Waals surface area contributed by atoms with Gasteiger partial charge in [0.15, 0.2) is 6.29 Å². The molecule has 1 fully saturated rings. The molecule has 0 bridgehead atoms. The van der Waals surface area contributed by atoms with Crippen molar-refractivity contribution in [3.05, 3.63) is 113 Å². The second-order valence-electron chi connectivity index (χ2n) is 10.8. The monoisotopic (exact) mass is 636 g/mol. The quantitative estimate of drug-likeness (QED) is 0.128. The first kappa shape index (κ1) is 32.4. The summed E-state index contributed by atoms with van der Waals surface area (Å²) in [5.74, 6) is -8.54. The SMILES string of the molecule is CCCCCC1COC(c2cc(F)c(C(F)(F)Oc3cc(F)c(-c4ccc(-c5ccc(F)cc5)c(F)c4)c(F)c3)c(F)c2)OC1. The molecule has 5 rings (SSSR count). The fraction of sp³-hybridized carbons (Fsp3) is 0.294. The third-order valence-electron chi connectivity index (χ3n) is 7.48. The number of halogens is 8. The van der Waals surface area contributed by atoms with Gasteiger partial charge < -0.3 is 14.2 Å². The maximum Gasteiger partial charge on any atom is 0.432 e. The number of ether oxygens (including phenoxy) is 3. The molecule has 0 spiro atoms. The maximum atomic E-state index is 15.0. The van der Waals surface area contributed by atoms with Crippen molar-refractivity contribution >= 4 is 0 Å². The number of alkyl halides is 2. The predicted octanol–water partition coefficient (Wildman–Crippen LogP) is 10.2. The molecule has 45 heavy (non-hydrogen) atoms. The highest BCUT2D eigenvalue weighted by atomic mass is 19.3. The van der Waals surface area contributed by atoms with Gasteiger partial charge >= 0.3 is 6.11 Å². The van der Waals surface area contributed by atoms with Gasteiger partial charge in [0.25, 0.3) is 0 Å². The second-order valence-corrected chi connectivity index (χ2v) is 10.8. The molecule has 1 heterocycles. The molecule has 1 saturated heterocycles. The Bertz CT molecular complexity index is 1600. The van der Waals surface area contributed by atoms with E-state index in [-0.39, 0.29) is 35.8 Å². The Morgan fingerprint density at radius 2 is 1.31 bits per heavy atom. The normalized spacial score (nSPS) is 17.0. The lowest BCUT2D eigenvalue weighted by Crippen LogP contribution is -2.28. The average molecular weight is 637 g/mol. The molecular weight excluding hydrogens is 608 g/mol. The van der Waals surface area contributed by atoms with E-state index in [1.807, 2.05) is 0 Å². The van der Waals surface area contributed by atoms with Gasteiger partial charge in [-0.25, -0.2) is 26.3 Å². The first-order valence-corrected chi connectivity index (χ1v) is 14.3. The summed E-state index contributed by atoms with van der Waals surface area (Å²) in [6.07, 6.45) is -1.92. The summed E-state index contributed by atoms with van der Waals surface area (Å²) in [5.41, 5.74) is -2.61. The van der Waals surface area contributed by atoms with Crippen LogP contribution in [0.2, 0.25) is 0 Å². The summed E-state index contributed by atoms with van der Waals surface area (Å²) in [7, 11) is 0. The van der Waals surface area contributed by atoms with Gasteiger partial charge in [0.2, 0.25) is 0 Å². The molecule has 0 amide bonds. The van der Waals surface area contributed by atoms with Gasteiger partial charge in [0.05, 0.1) is 18.8 Å². The van der Waals surface area contributed by atoms with E-state index in [1.54, 1.807) is 0 Å². The van der Waals surface area contributed by atoms with E-state index in [0.29, 0.717) is 29.8 Å². The number of rotatable bonds is 10. The molecule has 0 atom stereocenters. The van der Waals surface area contributed by atoms with E-state index in [0.717, 1.165) is 43.9 Å². The van der Waals surface area contributed by atoms with Gasteiger partial charge in [-0.2, -0.15) is 8.78 Å². The second kappa shape index (κ2) is 13.6. The van der Waals surface area contributed by atoms with Gasteiger partial charge in [0, 0.05) is 29.2 Å².